The second-order valence-electron chi connectivity index (χ2n) is 10.6. The average Bonchev–Trinajstić information content (AvgIpc) is 3.14. The molecule has 1 N–H and O–H groups in total. The predicted molar refractivity (Wildman–Crippen MR) is 114 cm³/mol. The van der Waals surface area contributed by atoms with E-state index < -0.39 is 0 Å². The first kappa shape index (κ1) is 19.3. The number of ketones is 1. The molecule has 4 heteroatoms. The highest BCUT2D eigenvalue weighted by Gasteiger charge is 2.59. The van der Waals surface area contributed by atoms with Crippen molar-refractivity contribution in [3.8, 4) is 0 Å². The normalized spacial score (nSPS) is 43.0. The van der Waals surface area contributed by atoms with Gasteiger partial charge in [0.05, 0.1) is 12.3 Å². The summed E-state index contributed by atoms with van der Waals surface area (Å²) in [5.74, 6) is 2.06. The van der Waals surface area contributed by atoms with Crippen molar-refractivity contribution < 1.29 is 9.90 Å². The number of nitrogens with zero attached hydrogens (tertiary/aromatic N) is 2. The summed E-state index contributed by atoms with van der Waals surface area (Å²) in [4.78, 5) is 13.5. The monoisotopic (exact) mass is 394 g/mol. The van der Waals surface area contributed by atoms with Gasteiger partial charge in [0.15, 0.2) is 5.78 Å². The van der Waals surface area contributed by atoms with Crippen molar-refractivity contribution in [3.05, 3.63) is 34.7 Å². The number of aromatic nitrogens is 2. The van der Waals surface area contributed by atoms with Crippen LogP contribution in [0, 0.1) is 35.5 Å². The molecule has 1 aromatic heterocycles. The van der Waals surface area contributed by atoms with Crippen molar-refractivity contribution >= 4 is 11.9 Å². The van der Waals surface area contributed by atoms with Crippen LogP contribution < -0.4 is 0 Å². The van der Waals surface area contributed by atoms with Gasteiger partial charge in [0, 0.05) is 23.7 Å². The van der Waals surface area contributed by atoms with Gasteiger partial charge in [0.1, 0.15) is 0 Å². The van der Waals surface area contributed by atoms with Gasteiger partial charge in [-0.1, -0.05) is 25.5 Å². The molecule has 4 aliphatic rings. The predicted octanol–water partition coefficient (Wildman–Crippen LogP) is 4.61. The number of carbonyl (C=O) groups excluding carboxylic acids is 1. The average molecular weight is 395 g/mol. The Hall–Kier alpha value is -1.68. The van der Waals surface area contributed by atoms with Gasteiger partial charge < -0.3 is 5.11 Å². The number of fused-ring (bicyclic) bond motifs is 5. The Morgan fingerprint density at radius 3 is 2.66 bits per heavy atom. The van der Waals surface area contributed by atoms with Gasteiger partial charge in [-0.15, -0.1) is 0 Å². The van der Waals surface area contributed by atoms with Crippen molar-refractivity contribution in [2.75, 3.05) is 0 Å². The second-order valence-corrected chi connectivity index (χ2v) is 10.6. The van der Waals surface area contributed by atoms with E-state index in [0.29, 0.717) is 23.5 Å². The van der Waals surface area contributed by atoms with Gasteiger partial charge >= 0.3 is 0 Å². The summed E-state index contributed by atoms with van der Waals surface area (Å²) in [6, 6.07) is 0. The minimum atomic E-state index is -0.209. The summed E-state index contributed by atoms with van der Waals surface area (Å²) in [5, 5.41) is 14.5. The molecule has 0 radical (unpaired) electrons. The standard InChI is InChI=1S/C25H34N2O2/c1-15-17(14-26-27(15)4)11-16-12-22-20-6-5-18-13-19(28)7-9-24(18,2)21(20)8-10-25(22,3)23(16)29/h5,11,14,19-22,28H,6-10,12-13H2,1-4H3. The highest BCUT2D eigenvalue weighted by atomic mass is 16.3. The summed E-state index contributed by atoms with van der Waals surface area (Å²) in [7, 11) is 1.95. The smallest absolute Gasteiger partial charge is 0.165 e. The third-order valence-corrected chi connectivity index (χ3v) is 9.32. The molecule has 3 fully saturated rings. The van der Waals surface area contributed by atoms with E-state index in [1.54, 1.807) is 0 Å². The summed E-state index contributed by atoms with van der Waals surface area (Å²) in [5.41, 5.74) is 4.70. The van der Waals surface area contributed by atoms with Crippen LogP contribution in [0.4, 0.5) is 0 Å². The fourth-order valence-corrected chi connectivity index (χ4v) is 7.29. The number of aliphatic hydroxyl groups excluding tert-OH is 1. The molecule has 0 amide bonds. The molecule has 1 heterocycles. The Labute approximate surface area is 174 Å². The summed E-state index contributed by atoms with van der Waals surface area (Å²) in [6.45, 7) is 6.74. The van der Waals surface area contributed by atoms with Gasteiger partial charge in [-0.25, -0.2) is 0 Å². The third-order valence-electron chi connectivity index (χ3n) is 9.32. The molecule has 29 heavy (non-hydrogen) atoms. The van der Waals surface area contributed by atoms with Crippen LogP contribution in [0.5, 0.6) is 0 Å². The molecule has 0 saturated heterocycles. The highest BCUT2D eigenvalue weighted by Crippen LogP contribution is 2.64. The Balaban J connectivity index is 1.49. The van der Waals surface area contributed by atoms with Gasteiger partial charge in [-0.3, -0.25) is 9.48 Å². The molecular formula is C25H34N2O2. The number of Topliss-reactive ketones (excluding diaryl/α,β-unsaturated/α-hetero) is 1. The highest BCUT2D eigenvalue weighted by molar-refractivity contribution is 6.06. The Bertz CT molecular complexity index is 925. The zero-order chi connectivity index (χ0) is 20.6. The molecule has 4 nitrogen and oxygen atoms in total. The molecule has 4 aliphatic carbocycles. The first-order chi connectivity index (χ1) is 13.7. The number of carbonyl (C=O) groups is 1. The maximum Gasteiger partial charge on any atom is 0.165 e. The molecule has 5 rings (SSSR count). The van der Waals surface area contributed by atoms with E-state index >= 15 is 0 Å². The maximum absolute atomic E-state index is 13.5. The van der Waals surface area contributed by atoms with Crippen LogP contribution in [-0.2, 0) is 11.8 Å². The van der Waals surface area contributed by atoms with Crippen molar-refractivity contribution in [1.82, 2.24) is 9.78 Å². The summed E-state index contributed by atoms with van der Waals surface area (Å²) < 4.78 is 1.88. The lowest BCUT2D eigenvalue weighted by Gasteiger charge is -2.56. The van der Waals surface area contributed by atoms with Crippen LogP contribution in [0.25, 0.3) is 6.08 Å². The Kier molecular flexibility index (Phi) is 4.26. The maximum atomic E-state index is 13.5. The fourth-order valence-electron chi connectivity index (χ4n) is 7.29. The molecule has 1 aromatic rings. The molecule has 3 saturated carbocycles. The van der Waals surface area contributed by atoms with E-state index in [1.807, 2.05) is 17.9 Å². The van der Waals surface area contributed by atoms with E-state index in [1.165, 1.54) is 5.57 Å². The van der Waals surface area contributed by atoms with Crippen LogP contribution >= 0.6 is 0 Å². The quantitative estimate of drug-likeness (QED) is 0.559. The lowest BCUT2D eigenvalue weighted by molar-refractivity contribution is -0.130. The molecule has 6 unspecified atom stereocenters. The van der Waals surface area contributed by atoms with E-state index in [9.17, 15) is 9.90 Å². The van der Waals surface area contributed by atoms with Crippen molar-refractivity contribution in [3.63, 3.8) is 0 Å². The largest absolute Gasteiger partial charge is 0.393 e. The molecule has 156 valence electrons. The van der Waals surface area contributed by atoms with Crippen LogP contribution in [0.1, 0.15) is 70.1 Å². The van der Waals surface area contributed by atoms with E-state index in [2.05, 4.69) is 38.0 Å². The van der Waals surface area contributed by atoms with Crippen molar-refractivity contribution in [2.45, 2.75) is 71.8 Å². The number of rotatable bonds is 1. The molecule has 0 aromatic carbocycles. The van der Waals surface area contributed by atoms with Crippen LogP contribution in [-0.4, -0.2) is 26.8 Å². The van der Waals surface area contributed by atoms with Gasteiger partial charge in [0.25, 0.3) is 0 Å². The first-order valence-electron chi connectivity index (χ1n) is 11.4. The Morgan fingerprint density at radius 2 is 1.93 bits per heavy atom. The molecule has 0 spiro atoms. The van der Waals surface area contributed by atoms with Crippen molar-refractivity contribution in [1.29, 1.82) is 0 Å². The molecule has 0 aliphatic heterocycles. The summed E-state index contributed by atoms with van der Waals surface area (Å²) in [6.07, 6.45) is 13.3. The number of hydrogen-bond acceptors (Lipinski definition) is 3. The lowest BCUT2D eigenvalue weighted by atomic mass is 9.48. The molecular weight excluding hydrogens is 360 g/mol. The fraction of sp³-hybridized carbons (Fsp3) is 0.680. The number of aliphatic hydroxyl groups is 1. The van der Waals surface area contributed by atoms with Crippen molar-refractivity contribution in [2.24, 2.45) is 35.6 Å². The van der Waals surface area contributed by atoms with E-state index in [4.69, 9.17) is 0 Å². The zero-order valence-electron chi connectivity index (χ0n) is 18.2. The first-order valence-corrected chi connectivity index (χ1v) is 11.4. The SMILES string of the molecule is Cc1c(C=C2CC3C4CC=C5CC(O)CCC5(C)C4CCC3(C)C2=O)cnn1C. The number of allylic oxidation sites excluding steroid dienone is 2. The second kappa shape index (κ2) is 6.41. The van der Waals surface area contributed by atoms with Gasteiger partial charge in [-0.05, 0) is 86.7 Å². The zero-order valence-corrected chi connectivity index (χ0v) is 18.2. The minimum absolute atomic E-state index is 0.162. The van der Waals surface area contributed by atoms with Crippen LogP contribution in [0.3, 0.4) is 0 Å². The van der Waals surface area contributed by atoms with Crippen LogP contribution in [0.2, 0.25) is 0 Å². The minimum Gasteiger partial charge on any atom is -0.393 e. The lowest BCUT2D eigenvalue weighted by Crippen LogP contribution is -2.50. The van der Waals surface area contributed by atoms with Crippen LogP contribution in [0.15, 0.2) is 23.4 Å². The van der Waals surface area contributed by atoms with Gasteiger partial charge in [-0.2, -0.15) is 5.10 Å². The molecule has 0 bridgehead atoms. The third kappa shape index (κ3) is 2.67. The number of aryl methyl sites for hydroxylation is 1. The number of hydrogen-bond donors (Lipinski definition) is 1. The Morgan fingerprint density at radius 1 is 1.17 bits per heavy atom. The topological polar surface area (TPSA) is 55.1 Å². The van der Waals surface area contributed by atoms with Gasteiger partial charge in [0.2, 0.25) is 0 Å². The van der Waals surface area contributed by atoms with E-state index in [0.717, 1.165) is 61.8 Å². The van der Waals surface area contributed by atoms with E-state index in [-0.39, 0.29) is 16.9 Å². The molecule has 6 atom stereocenters. The summed E-state index contributed by atoms with van der Waals surface area (Å²) >= 11 is 0.